The highest BCUT2D eigenvalue weighted by Crippen LogP contribution is 2.25. The molecule has 110 valence electrons. The van der Waals surface area contributed by atoms with Crippen LogP contribution in [-0.4, -0.2) is 30.3 Å². The molecular weight excluding hydrogens is 314 g/mol. The number of aliphatic hydroxyl groups is 1. The van der Waals surface area contributed by atoms with Gasteiger partial charge in [-0.2, -0.15) is 5.10 Å². The summed E-state index contributed by atoms with van der Waals surface area (Å²) in [5, 5.41) is 15.0. The average molecular weight is 326 g/mol. The van der Waals surface area contributed by atoms with E-state index in [9.17, 15) is 8.42 Å². The molecule has 0 aliphatic rings. The molecule has 0 unspecified atom stereocenters. The molecule has 21 heavy (non-hydrogen) atoms. The van der Waals surface area contributed by atoms with Gasteiger partial charge < -0.3 is 5.11 Å². The molecule has 1 heterocycles. The van der Waals surface area contributed by atoms with E-state index in [-0.39, 0.29) is 22.2 Å². The number of nitrogens with zero attached hydrogens (tertiary/aromatic N) is 1. The van der Waals surface area contributed by atoms with E-state index in [0.29, 0.717) is 12.0 Å². The number of sulfonamides is 1. The lowest BCUT2D eigenvalue weighted by molar-refractivity contribution is 0.305. The zero-order valence-electron chi connectivity index (χ0n) is 10.8. The number of nitrogens with one attached hydrogen (secondary N) is 2. The van der Waals surface area contributed by atoms with Crippen molar-refractivity contribution in [2.24, 2.45) is 0 Å². The van der Waals surface area contributed by atoms with Gasteiger partial charge in [0.15, 0.2) is 0 Å². The van der Waals surface area contributed by atoms with Gasteiger partial charge in [0.2, 0.25) is 0 Å². The van der Waals surface area contributed by atoms with E-state index in [1.807, 2.05) is 0 Å². The normalized spacial score (nSPS) is 10.8. The molecule has 3 N–H and O–H groups in total. The van der Waals surface area contributed by atoms with E-state index in [0.717, 1.165) is 0 Å². The van der Waals surface area contributed by atoms with E-state index in [2.05, 4.69) is 26.8 Å². The SMILES string of the molecule is O=S(=O)(Nc1cc(C#CCCO)ccc1Cl)c1cn[nH]c1. The number of hydrogen-bond acceptors (Lipinski definition) is 4. The summed E-state index contributed by atoms with van der Waals surface area (Å²) in [7, 11) is -3.75. The second kappa shape index (κ2) is 6.63. The third-order valence-electron chi connectivity index (χ3n) is 2.46. The van der Waals surface area contributed by atoms with Crippen molar-refractivity contribution in [1.82, 2.24) is 10.2 Å². The number of halogens is 1. The Morgan fingerprint density at radius 2 is 2.24 bits per heavy atom. The van der Waals surface area contributed by atoms with Gasteiger partial charge in [0.05, 0.1) is 23.5 Å². The Morgan fingerprint density at radius 3 is 2.90 bits per heavy atom. The summed E-state index contributed by atoms with van der Waals surface area (Å²) in [5.74, 6) is 5.56. The molecule has 1 aromatic heterocycles. The van der Waals surface area contributed by atoms with Crippen LogP contribution in [0.5, 0.6) is 0 Å². The van der Waals surface area contributed by atoms with Crippen LogP contribution in [-0.2, 0) is 10.0 Å². The summed E-state index contributed by atoms with van der Waals surface area (Å²) in [6.07, 6.45) is 2.81. The molecule has 0 amide bonds. The van der Waals surface area contributed by atoms with Crippen molar-refractivity contribution in [3.8, 4) is 11.8 Å². The van der Waals surface area contributed by atoms with Gasteiger partial charge in [-0.15, -0.1) is 0 Å². The van der Waals surface area contributed by atoms with Gasteiger partial charge in [0.25, 0.3) is 10.0 Å². The molecular formula is C13H12ClN3O3S. The van der Waals surface area contributed by atoms with E-state index in [1.165, 1.54) is 18.5 Å². The number of aliphatic hydroxyl groups excluding tert-OH is 1. The first-order valence-corrected chi connectivity index (χ1v) is 7.80. The maximum Gasteiger partial charge on any atom is 0.265 e. The molecule has 0 spiro atoms. The second-order valence-corrected chi connectivity index (χ2v) is 6.10. The lowest BCUT2D eigenvalue weighted by Gasteiger charge is -2.08. The fraction of sp³-hybridized carbons (Fsp3) is 0.154. The molecule has 8 heteroatoms. The van der Waals surface area contributed by atoms with Crippen molar-refractivity contribution in [2.75, 3.05) is 11.3 Å². The molecule has 6 nitrogen and oxygen atoms in total. The van der Waals surface area contributed by atoms with E-state index in [1.54, 1.807) is 12.1 Å². The summed E-state index contributed by atoms with van der Waals surface area (Å²) in [4.78, 5) is 0.00957. The summed E-state index contributed by atoms with van der Waals surface area (Å²) >= 11 is 5.99. The molecule has 1 aromatic carbocycles. The van der Waals surface area contributed by atoms with Crippen LogP contribution in [0.25, 0.3) is 0 Å². The van der Waals surface area contributed by atoms with Gasteiger partial charge in [-0.25, -0.2) is 8.42 Å². The highest BCUT2D eigenvalue weighted by molar-refractivity contribution is 7.92. The first kappa shape index (κ1) is 15.4. The molecule has 0 saturated heterocycles. The number of benzene rings is 1. The topological polar surface area (TPSA) is 95.1 Å². The van der Waals surface area contributed by atoms with Crippen molar-refractivity contribution in [3.05, 3.63) is 41.2 Å². The molecule has 0 atom stereocenters. The zero-order chi connectivity index (χ0) is 15.3. The summed E-state index contributed by atoms with van der Waals surface area (Å²) in [6, 6.07) is 4.75. The highest BCUT2D eigenvalue weighted by atomic mass is 35.5. The molecule has 0 radical (unpaired) electrons. The molecule has 2 rings (SSSR count). The van der Waals surface area contributed by atoms with E-state index in [4.69, 9.17) is 16.7 Å². The summed E-state index contributed by atoms with van der Waals surface area (Å²) in [5.41, 5.74) is 0.825. The van der Waals surface area contributed by atoms with Crippen LogP contribution in [0.2, 0.25) is 5.02 Å². The first-order chi connectivity index (χ1) is 10.0. The number of rotatable bonds is 4. The summed E-state index contributed by atoms with van der Waals surface area (Å²) < 4.78 is 26.6. The Bertz CT molecular complexity index is 777. The number of anilines is 1. The van der Waals surface area contributed by atoms with Crippen LogP contribution in [0.3, 0.4) is 0 Å². The summed E-state index contributed by atoms with van der Waals surface area (Å²) in [6.45, 7) is -0.0272. The molecule has 0 aliphatic heterocycles. The predicted molar refractivity (Wildman–Crippen MR) is 79.4 cm³/mol. The highest BCUT2D eigenvalue weighted by Gasteiger charge is 2.16. The van der Waals surface area contributed by atoms with E-state index < -0.39 is 10.0 Å². The van der Waals surface area contributed by atoms with E-state index >= 15 is 0 Å². The standard InChI is InChI=1S/C13H12ClN3O3S/c14-12-5-4-10(3-1-2-6-18)7-13(12)17-21(19,20)11-8-15-16-9-11/h4-5,7-9,17-18H,2,6H2,(H,15,16). The van der Waals surface area contributed by atoms with Gasteiger partial charge >= 0.3 is 0 Å². The van der Waals surface area contributed by atoms with Crippen molar-refractivity contribution in [3.63, 3.8) is 0 Å². The smallest absolute Gasteiger partial charge is 0.265 e. The monoisotopic (exact) mass is 325 g/mol. The molecule has 0 bridgehead atoms. The van der Waals surface area contributed by atoms with Gasteiger partial charge in [-0.05, 0) is 18.2 Å². The van der Waals surface area contributed by atoms with Crippen molar-refractivity contribution in [1.29, 1.82) is 0 Å². The molecule has 2 aromatic rings. The fourth-order valence-electron chi connectivity index (χ4n) is 1.49. The molecule has 0 aliphatic carbocycles. The Kier molecular flexibility index (Phi) is 4.85. The van der Waals surface area contributed by atoms with Crippen LogP contribution in [0.4, 0.5) is 5.69 Å². The minimum absolute atomic E-state index is 0.00957. The lowest BCUT2D eigenvalue weighted by Crippen LogP contribution is -2.12. The van der Waals surface area contributed by atoms with Crippen LogP contribution < -0.4 is 4.72 Å². The van der Waals surface area contributed by atoms with Crippen molar-refractivity contribution >= 4 is 27.3 Å². The molecule has 0 fully saturated rings. The van der Waals surface area contributed by atoms with Crippen LogP contribution >= 0.6 is 11.6 Å². The van der Waals surface area contributed by atoms with Crippen molar-refractivity contribution in [2.45, 2.75) is 11.3 Å². The first-order valence-electron chi connectivity index (χ1n) is 5.94. The second-order valence-electron chi connectivity index (χ2n) is 4.01. The maximum atomic E-state index is 12.1. The minimum atomic E-state index is -3.75. The Morgan fingerprint density at radius 1 is 1.43 bits per heavy atom. The van der Waals surface area contributed by atoms with Gasteiger partial charge in [-0.1, -0.05) is 23.4 Å². The third kappa shape index (κ3) is 3.98. The van der Waals surface area contributed by atoms with Crippen LogP contribution in [0.15, 0.2) is 35.5 Å². The number of H-pyrrole nitrogens is 1. The largest absolute Gasteiger partial charge is 0.395 e. The molecule has 0 saturated carbocycles. The third-order valence-corrected chi connectivity index (χ3v) is 4.13. The van der Waals surface area contributed by atoms with Crippen LogP contribution in [0, 0.1) is 11.8 Å². The quantitative estimate of drug-likeness (QED) is 0.744. The Labute approximate surface area is 127 Å². The predicted octanol–water partition coefficient (Wildman–Crippen LogP) is 1.60. The van der Waals surface area contributed by atoms with Gasteiger partial charge in [0.1, 0.15) is 4.90 Å². The lowest BCUT2D eigenvalue weighted by atomic mass is 10.2. The zero-order valence-corrected chi connectivity index (χ0v) is 12.4. The Hall–Kier alpha value is -2.01. The fourth-order valence-corrected chi connectivity index (χ4v) is 2.69. The Balaban J connectivity index is 2.28. The maximum absolute atomic E-state index is 12.1. The number of aromatic amines is 1. The van der Waals surface area contributed by atoms with Crippen LogP contribution in [0.1, 0.15) is 12.0 Å². The van der Waals surface area contributed by atoms with Gasteiger partial charge in [0, 0.05) is 18.2 Å². The van der Waals surface area contributed by atoms with Crippen molar-refractivity contribution < 1.29 is 13.5 Å². The number of aromatic nitrogens is 2. The average Bonchev–Trinajstić information content (AvgIpc) is 2.97. The number of hydrogen-bond donors (Lipinski definition) is 3. The van der Waals surface area contributed by atoms with Gasteiger partial charge in [-0.3, -0.25) is 9.82 Å². The minimum Gasteiger partial charge on any atom is -0.395 e.